The first kappa shape index (κ1) is 17.9. The Balaban J connectivity index is 1.79. The van der Waals surface area contributed by atoms with Crippen molar-refractivity contribution in [3.63, 3.8) is 0 Å². The minimum absolute atomic E-state index is 0.147. The van der Waals surface area contributed by atoms with Crippen molar-refractivity contribution in [3.8, 4) is 11.5 Å². The largest absolute Gasteiger partial charge is 0.497 e. The van der Waals surface area contributed by atoms with Crippen molar-refractivity contribution in [2.24, 2.45) is 0 Å². The van der Waals surface area contributed by atoms with Crippen LogP contribution in [-0.2, 0) is 6.54 Å². The number of fused-ring (bicyclic) bond motifs is 1. The normalized spacial score (nSPS) is 10.8. The van der Waals surface area contributed by atoms with Crippen molar-refractivity contribution in [2.75, 3.05) is 20.8 Å². The van der Waals surface area contributed by atoms with E-state index in [9.17, 15) is 4.79 Å². The third kappa shape index (κ3) is 3.52. The summed E-state index contributed by atoms with van der Waals surface area (Å²) in [4.78, 5) is 14.5. The molecule has 0 aliphatic carbocycles. The Kier molecular flexibility index (Phi) is 5.16. The number of rotatable bonds is 6. The number of hydrogen-bond donors (Lipinski definition) is 0. The van der Waals surface area contributed by atoms with Gasteiger partial charge < -0.3 is 18.8 Å². The van der Waals surface area contributed by atoms with Crippen molar-refractivity contribution in [1.29, 1.82) is 0 Å². The summed E-state index contributed by atoms with van der Waals surface area (Å²) in [6.07, 6.45) is 0. The van der Waals surface area contributed by atoms with Gasteiger partial charge in [-0.1, -0.05) is 12.1 Å². The second kappa shape index (κ2) is 7.52. The summed E-state index contributed by atoms with van der Waals surface area (Å²) in [6.45, 7) is 4.97. The molecule has 5 nitrogen and oxygen atoms in total. The minimum atomic E-state index is -0.147. The molecule has 0 atom stereocenters. The van der Waals surface area contributed by atoms with Crippen LogP contribution < -0.4 is 9.47 Å². The van der Waals surface area contributed by atoms with Crippen LogP contribution in [-0.4, -0.2) is 31.6 Å². The van der Waals surface area contributed by atoms with Gasteiger partial charge in [0.25, 0.3) is 5.91 Å². The zero-order valence-electron chi connectivity index (χ0n) is 15.5. The quantitative estimate of drug-likeness (QED) is 0.658. The number of ether oxygens (including phenoxy) is 2. The molecule has 0 N–H and O–H groups in total. The second-order valence-electron chi connectivity index (χ2n) is 6.16. The molecule has 0 unspecified atom stereocenters. The zero-order valence-corrected chi connectivity index (χ0v) is 15.5. The SMILES string of the molecule is CCOc1ccc(CN(C)C(=O)c2oc3ccc(OC)cc3c2C)cc1. The Morgan fingerprint density at radius 1 is 1.12 bits per heavy atom. The van der Waals surface area contributed by atoms with E-state index in [1.165, 1.54) is 0 Å². The third-order valence-electron chi connectivity index (χ3n) is 4.34. The highest BCUT2D eigenvalue weighted by Crippen LogP contribution is 2.29. The average Bonchev–Trinajstić information content (AvgIpc) is 2.99. The van der Waals surface area contributed by atoms with E-state index in [4.69, 9.17) is 13.9 Å². The van der Waals surface area contributed by atoms with Gasteiger partial charge >= 0.3 is 0 Å². The number of amides is 1. The summed E-state index contributed by atoms with van der Waals surface area (Å²) in [6, 6.07) is 13.3. The Bertz CT molecular complexity index is 912. The maximum absolute atomic E-state index is 12.8. The lowest BCUT2D eigenvalue weighted by atomic mass is 10.1. The van der Waals surface area contributed by atoms with Crippen molar-refractivity contribution >= 4 is 16.9 Å². The van der Waals surface area contributed by atoms with Gasteiger partial charge in [-0.25, -0.2) is 0 Å². The van der Waals surface area contributed by atoms with Crippen LogP contribution >= 0.6 is 0 Å². The molecule has 0 saturated carbocycles. The molecule has 0 bridgehead atoms. The predicted molar refractivity (Wildman–Crippen MR) is 101 cm³/mol. The number of furan rings is 1. The molecule has 0 spiro atoms. The lowest BCUT2D eigenvalue weighted by Crippen LogP contribution is -2.26. The summed E-state index contributed by atoms with van der Waals surface area (Å²) in [5.74, 6) is 1.78. The molecular weight excluding hydrogens is 330 g/mol. The van der Waals surface area contributed by atoms with Gasteiger partial charge in [0.05, 0.1) is 13.7 Å². The summed E-state index contributed by atoms with van der Waals surface area (Å²) >= 11 is 0. The van der Waals surface area contributed by atoms with Crippen LogP contribution in [0.15, 0.2) is 46.9 Å². The molecule has 3 rings (SSSR count). The van der Waals surface area contributed by atoms with Gasteiger partial charge in [0, 0.05) is 24.5 Å². The number of methoxy groups -OCH3 is 1. The van der Waals surface area contributed by atoms with E-state index in [1.54, 1.807) is 19.1 Å². The maximum Gasteiger partial charge on any atom is 0.289 e. The van der Waals surface area contributed by atoms with Crippen LogP contribution in [0.3, 0.4) is 0 Å². The third-order valence-corrected chi connectivity index (χ3v) is 4.34. The lowest BCUT2D eigenvalue weighted by molar-refractivity contribution is 0.0755. The molecule has 0 aliphatic heterocycles. The fourth-order valence-corrected chi connectivity index (χ4v) is 2.91. The van der Waals surface area contributed by atoms with E-state index >= 15 is 0 Å². The number of hydrogen-bond acceptors (Lipinski definition) is 4. The number of carbonyl (C=O) groups excluding carboxylic acids is 1. The number of carbonyl (C=O) groups is 1. The highest BCUT2D eigenvalue weighted by Gasteiger charge is 2.21. The standard InChI is InChI=1S/C21H23NO4/c1-5-25-16-8-6-15(7-9-16)13-22(3)21(23)20-14(2)18-12-17(24-4)10-11-19(18)26-20/h6-12H,5,13H2,1-4H3. The van der Waals surface area contributed by atoms with E-state index < -0.39 is 0 Å². The topological polar surface area (TPSA) is 51.9 Å². The summed E-state index contributed by atoms with van der Waals surface area (Å²) in [7, 11) is 3.39. The second-order valence-corrected chi connectivity index (χ2v) is 6.16. The first-order valence-electron chi connectivity index (χ1n) is 8.57. The predicted octanol–water partition coefficient (Wildman–Crippen LogP) is 4.42. The highest BCUT2D eigenvalue weighted by molar-refractivity contribution is 5.99. The first-order valence-corrected chi connectivity index (χ1v) is 8.57. The van der Waals surface area contributed by atoms with E-state index in [2.05, 4.69) is 0 Å². The molecule has 0 saturated heterocycles. The molecule has 136 valence electrons. The Morgan fingerprint density at radius 2 is 1.81 bits per heavy atom. The van der Waals surface area contributed by atoms with Crippen molar-refractivity contribution in [2.45, 2.75) is 20.4 Å². The smallest absolute Gasteiger partial charge is 0.289 e. The van der Waals surface area contributed by atoms with Gasteiger partial charge in [-0.2, -0.15) is 0 Å². The van der Waals surface area contributed by atoms with Crippen molar-refractivity contribution in [3.05, 3.63) is 59.4 Å². The number of aryl methyl sites for hydroxylation is 1. The fourth-order valence-electron chi connectivity index (χ4n) is 2.91. The summed E-state index contributed by atoms with van der Waals surface area (Å²) in [5, 5.41) is 0.891. The molecule has 1 amide bonds. The van der Waals surface area contributed by atoms with Crippen molar-refractivity contribution in [1.82, 2.24) is 4.90 Å². The molecular formula is C21H23NO4. The van der Waals surface area contributed by atoms with E-state index in [0.717, 1.165) is 28.0 Å². The van der Waals surface area contributed by atoms with Crippen LogP contribution in [0.4, 0.5) is 0 Å². The molecule has 1 heterocycles. The van der Waals surface area contributed by atoms with E-state index in [0.29, 0.717) is 24.5 Å². The Hall–Kier alpha value is -2.95. The highest BCUT2D eigenvalue weighted by atomic mass is 16.5. The van der Waals surface area contributed by atoms with E-state index in [1.807, 2.05) is 56.3 Å². The van der Waals surface area contributed by atoms with Gasteiger partial charge in [-0.3, -0.25) is 4.79 Å². The van der Waals surface area contributed by atoms with Gasteiger partial charge in [-0.15, -0.1) is 0 Å². The Labute approximate surface area is 153 Å². The van der Waals surface area contributed by atoms with Gasteiger partial charge in [0.1, 0.15) is 17.1 Å². The molecule has 0 fully saturated rings. The number of benzene rings is 2. The molecule has 5 heteroatoms. The first-order chi connectivity index (χ1) is 12.5. The van der Waals surface area contributed by atoms with Crippen LogP contribution in [0.1, 0.15) is 28.6 Å². The number of nitrogens with zero attached hydrogens (tertiary/aromatic N) is 1. The molecule has 26 heavy (non-hydrogen) atoms. The molecule has 2 aromatic carbocycles. The summed E-state index contributed by atoms with van der Waals surface area (Å²) < 4.78 is 16.5. The van der Waals surface area contributed by atoms with E-state index in [-0.39, 0.29) is 5.91 Å². The monoisotopic (exact) mass is 353 g/mol. The zero-order chi connectivity index (χ0) is 18.7. The molecule has 0 radical (unpaired) electrons. The van der Waals surface area contributed by atoms with Crippen molar-refractivity contribution < 1.29 is 18.7 Å². The van der Waals surface area contributed by atoms with Crippen LogP contribution in [0.25, 0.3) is 11.0 Å². The maximum atomic E-state index is 12.8. The molecule has 3 aromatic rings. The molecule has 1 aromatic heterocycles. The van der Waals surface area contributed by atoms with Gasteiger partial charge in [0.15, 0.2) is 5.76 Å². The average molecular weight is 353 g/mol. The van der Waals surface area contributed by atoms with Crippen LogP contribution in [0, 0.1) is 6.92 Å². The summed E-state index contributed by atoms with van der Waals surface area (Å²) in [5.41, 5.74) is 2.53. The fraction of sp³-hybridized carbons (Fsp3) is 0.286. The lowest BCUT2D eigenvalue weighted by Gasteiger charge is -2.16. The van der Waals surface area contributed by atoms with Gasteiger partial charge in [-0.05, 0) is 49.7 Å². The van der Waals surface area contributed by atoms with Crippen LogP contribution in [0.2, 0.25) is 0 Å². The van der Waals surface area contributed by atoms with Crippen LogP contribution in [0.5, 0.6) is 11.5 Å². The molecule has 0 aliphatic rings. The van der Waals surface area contributed by atoms with Gasteiger partial charge in [0.2, 0.25) is 0 Å². The minimum Gasteiger partial charge on any atom is -0.497 e. The Morgan fingerprint density at radius 3 is 2.46 bits per heavy atom.